The molecular formula is C19H22N4O2S. The Morgan fingerprint density at radius 1 is 1.23 bits per heavy atom. The third-order valence-corrected chi connectivity index (χ3v) is 4.79. The van der Waals surface area contributed by atoms with Crippen LogP contribution in [0.15, 0.2) is 41.1 Å². The van der Waals surface area contributed by atoms with E-state index in [9.17, 15) is 9.59 Å². The molecule has 0 saturated heterocycles. The van der Waals surface area contributed by atoms with E-state index in [0.717, 1.165) is 16.9 Å². The van der Waals surface area contributed by atoms with Gasteiger partial charge in [-0.25, -0.2) is 4.98 Å². The SMILES string of the molecule is CC(C)C(NC(=O)CCNC(=O)c1ccsc1)c1nc2ccccc2[nH]1. The number of carbonyl (C=O) groups excluding carboxylic acids is 2. The van der Waals surface area contributed by atoms with Crippen molar-refractivity contribution in [2.45, 2.75) is 26.3 Å². The topological polar surface area (TPSA) is 86.9 Å². The first-order chi connectivity index (χ1) is 12.5. The molecule has 0 fully saturated rings. The van der Waals surface area contributed by atoms with Gasteiger partial charge in [0.05, 0.1) is 17.1 Å². The summed E-state index contributed by atoms with van der Waals surface area (Å²) in [4.78, 5) is 32.1. The molecule has 1 aromatic carbocycles. The second-order valence-corrected chi connectivity index (χ2v) is 7.23. The van der Waals surface area contributed by atoms with Crippen molar-refractivity contribution in [1.82, 2.24) is 20.6 Å². The zero-order chi connectivity index (χ0) is 18.5. The molecular weight excluding hydrogens is 348 g/mol. The van der Waals surface area contributed by atoms with Crippen LogP contribution in [0.25, 0.3) is 11.0 Å². The molecule has 0 aliphatic heterocycles. The van der Waals surface area contributed by atoms with Crippen LogP contribution in [-0.2, 0) is 4.79 Å². The molecule has 0 saturated carbocycles. The van der Waals surface area contributed by atoms with E-state index in [4.69, 9.17) is 0 Å². The molecule has 1 atom stereocenters. The molecule has 1 unspecified atom stereocenters. The average molecular weight is 370 g/mol. The molecule has 3 aromatic rings. The molecule has 0 aliphatic carbocycles. The van der Waals surface area contributed by atoms with Gasteiger partial charge in [0, 0.05) is 23.9 Å². The molecule has 2 aromatic heterocycles. The summed E-state index contributed by atoms with van der Waals surface area (Å²) in [6.07, 6.45) is 0.222. The predicted molar refractivity (Wildman–Crippen MR) is 103 cm³/mol. The lowest BCUT2D eigenvalue weighted by Crippen LogP contribution is -2.35. The first-order valence-corrected chi connectivity index (χ1v) is 9.53. The highest BCUT2D eigenvalue weighted by Crippen LogP contribution is 2.22. The van der Waals surface area contributed by atoms with E-state index in [1.54, 1.807) is 11.4 Å². The minimum absolute atomic E-state index is 0.116. The fourth-order valence-corrected chi connectivity index (χ4v) is 3.34. The number of imidazole rings is 1. The maximum absolute atomic E-state index is 12.3. The van der Waals surface area contributed by atoms with Crippen molar-refractivity contribution in [1.29, 1.82) is 0 Å². The van der Waals surface area contributed by atoms with Crippen molar-refractivity contribution in [2.75, 3.05) is 6.54 Å². The van der Waals surface area contributed by atoms with Crippen LogP contribution in [-0.4, -0.2) is 28.3 Å². The number of aromatic amines is 1. The molecule has 6 nitrogen and oxygen atoms in total. The number of hydrogen-bond acceptors (Lipinski definition) is 4. The summed E-state index contributed by atoms with van der Waals surface area (Å²) in [6, 6.07) is 9.34. The third kappa shape index (κ3) is 4.29. The molecule has 7 heteroatoms. The van der Waals surface area contributed by atoms with Gasteiger partial charge in [0.15, 0.2) is 0 Å². The Balaban J connectivity index is 1.57. The average Bonchev–Trinajstić information content (AvgIpc) is 3.28. The van der Waals surface area contributed by atoms with Crippen LogP contribution >= 0.6 is 11.3 Å². The molecule has 0 bridgehead atoms. The van der Waals surface area contributed by atoms with E-state index < -0.39 is 0 Å². The van der Waals surface area contributed by atoms with E-state index in [1.165, 1.54) is 11.3 Å². The normalized spacial score (nSPS) is 12.3. The standard InChI is InChI=1S/C19H22N4O2S/c1-12(2)17(18-21-14-5-3-4-6-15(14)22-18)23-16(24)7-9-20-19(25)13-8-10-26-11-13/h3-6,8,10-12,17H,7,9H2,1-2H3,(H,20,25)(H,21,22)(H,23,24). The summed E-state index contributed by atoms with van der Waals surface area (Å²) in [5.41, 5.74) is 2.45. The number of aromatic nitrogens is 2. The zero-order valence-electron chi connectivity index (χ0n) is 14.8. The maximum atomic E-state index is 12.3. The van der Waals surface area contributed by atoms with Gasteiger partial charge in [0.25, 0.3) is 5.91 Å². The van der Waals surface area contributed by atoms with Gasteiger partial charge in [-0.05, 0) is 29.5 Å². The van der Waals surface area contributed by atoms with Gasteiger partial charge in [-0.1, -0.05) is 26.0 Å². The second kappa shape index (κ2) is 8.14. The quantitative estimate of drug-likeness (QED) is 0.597. The van der Waals surface area contributed by atoms with Crippen molar-refractivity contribution < 1.29 is 9.59 Å². The van der Waals surface area contributed by atoms with E-state index in [2.05, 4.69) is 20.6 Å². The van der Waals surface area contributed by atoms with Gasteiger partial charge in [0.1, 0.15) is 5.82 Å². The lowest BCUT2D eigenvalue weighted by atomic mass is 10.0. The number of H-pyrrole nitrogens is 1. The van der Waals surface area contributed by atoms with Gasteiger partial charge in [-0.2, -0.15) is 11.3 Å². The molecule has 3 rings (SSSR count). The Bertz CT molecular complexity index is 853. The van der Waals surface area contributed by atoms with Gasteiger partial charge in [0.2, 0.25) is 5.91 Å². The number of amides is 2. The summed E-state index contributed by atoms with van der Waals surface area (Å²) < 4.78 is 0. The van der Waals surface area contributed by atoms with Crippen LogP contribution < -0.4 is 10.6 Å². The highest BCUT2D eigenvalue weighted by atomic mass is 32.1. The smallest absolute Gasteiger partial charge is 0.252 e. The summed E-state index contributed by atoms with van der Waals surface area (Å²) in [6.45, 7) is 4.37. The van der Waals surface area contributed by atoms with Crippen LogP contribution in [0.5, 0.6) is 0 Å². The third-order valence-electron chi connectivity index (χ3n) is 4.11. The predicted octanol–water partition coefficient (Wildman–Crippen LogP) is 3.26. The first-order valence-electron chi connectivity index (χ1n) is 8.59. The van der Waals surface area contributed by atoms with Crippen LogP contribution in [0.2, 0.25) is 0 Å². The molecule has 26 heavy (non-hydrogen) atoms. The molecule has 0 radical (unpaired) electrons. The molecule has 2 amide bonds. The Hall–Kier alpha value is -2.67. The van der Waals surface area contributed by atoms with Crippen molar-refractivity contribution in [3.63, 3.8) is 0 Å². The number of rotatable bonds is 7. The van der Waals surface area contributed by atoms with Crippen LogP contribution in [0.3, 0.4) is 0 Å². The number of carbonyl (C=O) groups is 2. The molecule has 136 valence electrons. The van der Waals surface area contributed by atoms with Crippen LogP contribution in [0.4, 0.5) is 0 Å². The van der Waals surface area contributed by atoms with Gasteiger partial charge < -0.3 is 15.6 Å². The summed E-state index contributed by atoms with van der Waals surface area (Å²) in [7, 11) is 0. The summed E-state index contributed by atoms with van der Waals surface area (Å²) in [5, 5.41) is 9.42. The van der Waals surface area contributed by atoms with Gasteiger partial charge in [-0.15, -0.1) is 0 Å². The van der Waals surface area contributed by atoms with E-state index in [-0.39, 0.29) is 30.2 Å². The number of hydrogen-bond donors (Lipinski definition) is 3. The molecule has 3 N–H and O–H groups in total. The van der Waals surface area contributed by atoms with E-state index in [0.29, 0.717) is 12.1 Å². The Kier molecular flexibility index (Phi) is 5.68. The summed E-state index contributed by atoms with van der Waals surface area (Å²) in [5.74, 6) is 0.656. The van der Waals surface area contributed by atoms with Crippen molar-refractivity contribution >= 4 is 34.2 Å². The molecule has 0 aliphatic rings. The fraction of sp³-hybridized carbons (Fsp3) is 0.316. The van der Waals surface area contributed by atoms with Crippen molar-refractivity contribution in [3.8, 4) is 0 Å². The fourth-order valence-electron chi connectivity index (χ4n) is 2.70. The second-order valence-electron chi connectivity index (χ2n) is 6.45. The van der Waals surface area contributed by atoms with Gasteiger partial charge in [-0.3, -0.25) is 9.59 Å². The number of thiophene rings is 1. The van der Waals surface area contributed by atoms with Crippen molar-refractivity contribution in [2.24, 2.45) is 5.92 Å². The number of benzene rings is 1. The number of fused-ring (bicyclic) bond motifs is 1. The highest BCUT2D eigenvalue weighted by molar-refractivity contribution is 7.08. The monoisotopic (exact) mass is 370 g/mol. The Morgan fingerprint density at radius 3 is 2.73 bits per heavy atom. The first kappa shape index (κ1) is 18.1. The highest BCUT2D eigenvalue weighted by Gasteiger charge is 2.21. The minimum atomic E-state index is -0.206. The number of nitrogens with one attached hydrogen (secondary N) is 3. The maximum Gasteiger partial charge on any atom is 0.252 e. The molecule has 2 heterocycles. The van der Waals surface area contributed by atoms with Crippen LogP contribution in [0, 0.1) is 5.92 Å². The lowest BCUT2D eigenvalue weighted by molar-refractivity contribution is -0.122. The minimum Gasteiger partial charge on any atom is -0.351 e. The van der Waals surface area contributed by atoms with E-state index >= 15 is 0 Å². The largest absolute Gasteiger partial charge is 0.351 e. The van der Waals surface area contributed by atoms with Crippen LogP contribution in [0.1, 0.15) is 42.5 Å². The molecule has 0 spiro atoms. The number of para-hydroxylation sites is 2. The summed E-state index contributed by atoms with van der Waals surface area (Å²) >= 11 is 1.47. The zero-order valence-corrected chi connectivity index (χ0v) is 15.6. The van der Waals surface area contributed by atoms with Crippen molar-refractivity contribution in [3.05, 3.63) is 52.5 Å². The lowest BCUT2D eigenvalue weighted by Gasteiger charge is -2.20. The van der Waals surface area contributed by atoms with E-state index in [1.807, 2.05) is 43.5 Å². The van der Waals surface area contributed by atoms with Gasteiger partial charge >= 0.3 is 0 Å². The Labute approximate surface area is 156 Å². The number of nitrogens with zero attached hydrogens (tertiary/aromatic N) is 1. The Morgan fingerprint density at radius 2 is 2.04 bits per heavy atom.